The predicted molar refractivity (Wildman–Crippen MR) is 114 cm³/mol. The van der Waals surface area contributed by atoms with Crippen molar-refractivity contribution < 1.29 is 49.8 Å². The highest BCUT2D eigenvalue weighted by molar-refractivity contribution is 5.72. The predicted octanol–water partition coefficient (Wildman–Crippen LogP) is 6.14. The minimum atomic E-state index is -4.86. The average Bonchev–Trinajstić information content (AvgIpc) is 3.03. The summed E-state index contributed by atoms with van der Waals surface area (Å²) in [6.07, 6.45) is -11.4. The number of benzene rings is 1. The van der Waals surface area contributed by atoms with Gasteiger partial charge in [0.1, 0.15) is 11.9 Å². The highest BCUT2D eigenvalue weighted by Gasteiger charge is 2.42. The van der Waals surface area contributed by atoms with Gasteiger partial charge in [-0.05, 0) is 62.4 Å². The normalized spacial score (nSPS) is 19.4. The summed E-state index contributed by atoms with van der Waals surface area (Å²) in [5.41, 5.74) is -2.79. The minimum absolute atomic E-state index is 0.0325. The van der Waals surface area contributed by atoms with Crippen LogP contribution in [0.5, 0.6) is 0 Å². The van der Waals surface area contributed by atoms with Gasteiger partial charge >= 0.3 is 24.4 Å². The highest BCUT2D eigenvalue weighted by atomic mass is 19.4. The number of halogens is 7. The Labute approximate surface area is 202 Å². The van der Waals surface area contributed by atoms with Crippen molar-refractivity contribution in [1.29, 1.82) is 0 Å². The van der Waals surface area contributed by atoms with E-state index in [0.29, 0.717) is 18.3 Å². The van der Waals surface area contributed by atoms with Crippen LogP contribution in [0.1, 0.15) is 43.9 Å². The molecule has 1 heterocycles. The zero-order chi connectivity index (χ0) is 27.3. The maximum absolute atomic E-state index is 13.9. The SMILES string of the molecule is C=N/C=C(\C=C(/CCC(=O)OCC)CN1C(=O)OC(c2cc(F)cc(C(F)(F)F)c2)C1C)C(F)(F)F. The molecule has 0 saturated carbocycles. The number of hydrogen-bond acceptors (Lipinski definition) is 5. The van der Waals surface area contributed by atoms with E-state index < -0.39 is 60.1 Å². The molecule has 1 aliphatic rings. The molecular formula is C23H23F7N2O4. The maximum Gasteiger partial charge on any atom is 0.417 e. The van der Waals surface area contributed by atoms with Crippen LogP contribution in [0.15, 0.2) is 46.6 Å². The van der Waals surface area contributed by atoms with E-state index in [0.717, 1.165) is 11.0 Å². The molecule has 2 atom stereocenters. The van der Waals surface area contributed by atoms with Crippen molar-refractivity contribution in [2.75, 3.05) is 13.2 Å². The first-order valence-corrected chi connectivity index (χ1v) is 10.6. The molecule has 1 aliphatic heterocycles. The topological polar surface area (TPSA) is 68.2 Å². The lowest BCUT2D eigenvalue weighted by Crippen LogP contribution is -2.34. The summed E-state index contributed by atoms with van der Waals surface area (Å²) in [6, 6.07) is 0.726. The molecular weight excluding hydrogens is 501 g/mol. The Morgan fingerprint density at radius 1 is 1.19 bits per heavy atom. The number of hydrogen-bond donors (Lipinski definition) is 0. The zero-order valence-corrected chi connectivity index (χ0v) is 19.3. The summed E-state index contributed by atoms with van der Waals surface area (Å²) in [4.78, 5) is 28.4. The van der Waals surface area contributed by atoms with Crippen LogP contribution >= 0.6 is 0 Å². The number of ether oxygens (including phenoxy) is 2. The van der Waals surface area contributed by atoms with Crippen LogP contribution in [0.2, 0.25) is 0 Å². The quantitative estimate of drug-likeness (QED) is 0.168. The smallest absolute Gasteiger partial charge is 0.417 e. The molecule has 36 heavy (non-hydrogen) atoms. The Morgan fingerprint density at radius 2 is 1.86 bits per heavy atom. The number of nitrogens with zero attached hydrogens (tertiary/aromatic N) is 2. The van der Waals surface area contributed by atoms with E-state index in [-0.39, 0.29) is 36.7 Å². The van der Waals surface area contributed by atoms with Crippen molar-refractivity contribution in [2.24, 2.45) is 4.99 Å². The van der Waals surface area contributed by atoms with Gasteiger partial charge in [0.25, 0.3) is 0 Å². The molecule has 6 nitrogen and oxygen atoms in total. The van der Waals surface area contributed by atoms with Crippen LogP contribution in [-0.4, -0.2) is 49.0 Å². The fourth-order valence-corrected chi connectivity index (χ4v) is 3.52. The summed E-state index contributed by atoms with van der Waals surface area (Å²) in [5, 5.41) is 0. The van der Waals surface area contributed by atoms with Gasteiger partial charge in [0.15, 0.2) is 0 Å². The molecule has 2 unspecified atom stereocenters. The van der Waals surface area contributed by atoms with Crippen molar-refractivity contribution in [1.82, 2.24) is 4.90 Å². The highest BCUT2D eigenvalue weighted by Crippen LogP contribution is 2.38. The summed E-state index contributed by atoms with van der Waals surface area (Å²) in [7, 11) is 0. The Kier molecular flexibility index (Phi) is 9.27. The summed E-state index contributed by atoms with van der Waals surface area (Å²) in [5.74, 6) is -1.88. The minimum Gasteiger partial charge on any atom is -0.466 e. The van der Waals surface area contributed by atoms with Gasteiger partial charge in [-0.2, -0.15) is 26.3 Å². The van der Waals surface area contributed by atoms with Gasteiger partial charge in [-0.3, -0.25) is 14.7 Å². The Hall–Kier alpha value is -3.38. The Balaban J connectivity index is 2.38. The molecule has 1 amide bonds. The number of alkyl halides is 6. The van der Waals surface area contributed by atoms with E-state index in [1.807, 2.05) is 0 Å². The number of carbonyl (C=O) groups excluding carboxylic acids is 2. The first kappa shape index (κ1) is 28.9. The molecule has 198 valence electrons. The van der Waals surface area contributed by atoms with Crippen molar-refractivity contribution in [3.8, 4) is 0 Å². The number of rotatable bonds is 9. The molecule has 1 aromatic rings. The number of cyclic esters (lactones) is 1. The van der Waals surface area contributed by atoms with Gasteiger partial charge in [-0.15, -0.1) is 0 Å². The van der Waals surface area contributed by atoms with E-state index >= 15 is 0 Å². The largest absolute Gasteiger partial charge is 0.466 e. The standard InChI is InChI=1S/C23H23F7N2O4/c1-4-35-19(33)6-5-14(7-17(11-31-3)23(28,29)30)12-32-13(2)20(36-21(32)34)15-8-16(22(25,26)27)10-18(24)9-15/h7-11,13,20H,3-6,12H2,1-2H3/b14-7+,17-11+. The van der Waals surface area contributed by atoms with Gasteiger partial charge < -0.3 is 9.47 Å². The van der Waals surface area contributed by atoms with Gasteiger partial charge in [-0.1, -0.05) is 0 Å². The second kappa shape index (κ2) is 11.6. The van der Waals surface area contributed by atoms with E-state index in [1.54, 1.807) is 6.92 Å². The summed E-state index contributed by atoms with van der Waals surface area (Å²) >= 11 is 0. The number of aliphatic imine (C=N–C) groups is 1. The van der Waals surface area contributed by atoms with Crippen molar-refractivity contribution in [3.05, 3.63) is 58.6 Å². The lowest BCUT2D eigenvalue weighted by Gasteiger charge is -2.23. The first-order chi connectivity index (χ1) is 16.7. The molecule has 0 spiro atoms. The Morgan fingerprint density at radius 3 is 2.42 bits per heavy atom. The molecule has 1 saturated heterocycles. The third-order valence-corrected chi connectivity index (χ3v) is 5.21. The molecule has 1 fully saturated rings. The van der Waals surface area contributed by atoms with Crippen LogP contribution in [0.25, 0.3) is 0 Å². The van der Waals surface area contributed by atoms with Crippen LogP contribution in [0, 0.1) is 5.82 Å². The van der Waals surface area contributed by atoms with Crippen molar-refractivity contribution in [3.63, 3.8) is 0 Å². The number of esters is 1. The molecule has 0 aromatic heterocycles. The van der Waals surface area contributed by atoms with Crippen LogP contribution < -0.4 is 0 Å². The molecule has 0 bridgehead atoms. The zero-order valence-electron chi connectivity index (χ0n) is 19.3. The average molecular weight is 524 g/mol. The van der Waals surface area contributed by atoms with Gasteiger partial charge in [0.2, 0.25) is 0 Å². The van der Waals surface area contributed by atoms with E-state index in [9.17, 15) is 40.3 Å². The summed E-state index contributed by atoms with van der Waals surface area (Å²) in [6.45, 7) is 5.53. The lowest BCUT2D eigenvalue weighted by atomic mass is 9.99. The van der Waals surface area contributed by atoms with Crippen molar-refractivity contribution >= 4 is 18.8 Å². The fraction of sp³-hybridized carbons (Fsp3) is 0.435. The van der Waals surface area contributed by atoms with Gasteiger partial charge in [0, 0.05) is 19.2 Å². The van der Waals surface area contributed by atoms with E-state index in [2.05, 4.69) is 11.7 Å². The number of carbonyl (C=O) groups is 2. The number of amides is 1. The molecule has 1 aromatic carbocycles. The molecule has 2 rings (SSSR count). The summed E-state index contributed by atoms with van der Waals surface area (Å²) < 4.78 is 103. The first-order valence-electron chi connectivity index (χ1n) is 10.6. The third-order valence-electron chi connectivity index (χ3n) is 5.21. The molecule has 13 heteroatoms. The monoisotopic (exact) mass is 524 g/mol. The maximum atomic E-state index is 13.9. The molecule has 0 radical (unpaired) electrons. The van der Waals surface area contributed by atoms with Crippen molar-refractivity contribution in [2.45, 2.75) is 51.2 Å². The fourth-order valence-electron chi connectivity index (χ4n) is 3.52. The number of allylic oxidation sites excluding steroid dienone is 2. The van der Waals surface area contributed by atoms with Gasteiger partial charge in [0.05, 0.1) is 23.8 Å². The van der Waals surface area contributed by atoms with E-state index in [1.165, 1.54) is 6.92 Å². The lowest BCUT2D eigenvalue weighted by molar-refractivity contribution is -0.143. The van der Waals surface area contributed by atoms with Crippen LogP contribution in [0.4, 0.5) is 35.5 Å². The van der Waals surface area contributed by atoms with Crippen LogP contribution in [-0.2, 0) is 20.4 Å². The van der Waals surface area contributed by atoms with E-state index in [4.69, 9.17) is 9.47 Å². The molecule has 0 N–H and O–H groups in total. The Bertz CT molecular complexity index is 1050. The molecule has 0 aliphatic carbocycles. The van der Waals surface area contributed by atoms with Crippen LogP contribution in [0.3, 0.4) is 0 Å². The second-order valence-corrected chi connectivity index (χ2v) is 7.82. The third kappa shape index (κ3) is 7.56. The van der Waals surface area contributed by atoms with Gasteiger partial charge in [-0.25, -0.2) is 9.18 Å². The second-order valence-electron chi connectivity index (χ2n) is 7.82.